The molecule has 0 aliphatic heterocycles. The number of carboxylic acids is 1. The molecule has 9 N–H and O–H groups in total. The maximum atomic E-state index is 12.6. The van der Waals surface area contributed by atoms with E-state index in [1.54, 1.807) is 24.3 Å². The molecule has 10 nitrogen and oxygen atoms in total. The number of hydrogen-bond donors (Lipinski definition) is 6. The summed E-state index contributed by atoms with van der Waals surface area (Å²) in [4.78, 5) is 39.4. The number of nitrogens with two attached hydrogens (primary N) is 3. The number of amides is 2. The molecule has 0 fully saturated rings. The second-order valence-corrected chi connectivity index (χ2v) is 5.86. The van der Waals surface area contributed by atoms with Crippen LogP contribution in [-0.2, 0) is 20.8 Å². The fraction of sp³-hybridized carbons (Fsp3) is 0.412. The fourth-order valence-electron chi connectivity index (χ4n) is 2.35. The average Bonchev–Trinajstić information content (AvgIpc) is 2.63. The largest absolute Gasteiger partial charge is 0.480 e. The Labute approximate surface area is 157 Å². The van der Waals surface area contributed by atoms with Crippen LogP contribution < -0.4 is 27.8 Å². The number of aliphatic imine (C=N–C) groups is 1. The van der Waals surface area contributed by atoms with E-state index < -0.39 is 29.9 Å². The molecule has 10 heteroatoms. The third kappa shape index (κ3) is 8.68. The molecule has 2 atom stereocenters. The van der Waals surface area contributed by atoms with Crippen LogP contribution >= 0.6 is 0 Å². The topological polar surface area (TPSA) is 186 Å². The van der Waals surface area contributed by atoms with Gasteiger partial charge in [-0.05, 0) is 18.4 Å². The van der Waals surface area contributed by atoms with Crippen LogP contribution in [-0.4, -0.2) is 54.0 Å². The lowest BCUT2D eigenvalue weighted by Gasteiger charge is -2.21. The van der Waals surface area contributed by atoms with Gasteiger partial charge >= 0.3 is 5.97 Å². The summed E-state index contributed by atoms with van der Waals surface area (Å²) < 4.78 is 0. The number of nitrogens with one attached hydrogen (secondary N) is 2. The molecule has 0 saturated heterocycles. The molecule has 0 saturated carbocycles. The quantitative estimate of drug-likeness (QED) is 0.150. The van der Waals surface area contributed by atoms with Gasteiger partial charge in [-0.1, -0.05) is 30.3 Å². The minimum atomic E-state index is -1.18. The molecule has 0 unspecified atom stereocenters. The van der Waals surface area contributed by atoms with Gasteiger partial charge in [0.15, 0.2) is 5.96 Å². The Kier molecular flexibility index (Phi) is 9.30. The van der Waals surface area contributed by atoms with E-state index in [-0.39, 0.29) is 31.9 Å². The van der Waals surface area contributed by atoms with Crippen LogP contribution in [0, 0.1) is 0 Å². The smallest absolute Gasteiger partial charge is 0.326 e. The summed E-state index contributed by atoms with van der Waals surface area (Å²) in [6.07, 6.45) is 0.715. The Hall–Kier alpha value is -3.14. The zero-order valence-electron chi connectivity index (χ0n) is 14.9. The number of aliphatic carboxylic acids is 1. The van der Waals surface area contributed by atoms with Gasteiger partial charge in [-0.15, -0.1) is 0 Å². The maximum Gasteiger partial charge on any atom is 0.326 e. The molecular formula is C17H26N6O4. The second-order valence-electron chi connectivity index (χ2n) is 5.86. The first-order valence-corrected chi connectivity index (χ1v) is 8.45. The molecule has 0 aromatic heterocycles. The normalized spacial score (nSPS) is 12.5. The summed E-state index contributed by atoms with van der Waals surface area (Å²) in [6, 6.07) is 6.98. The summed E-state index contributed by atoms with van der Waals surface area (Å²) in [7, 11) is 0. The Balaban J connectivity index is 2.77. The van der Waals surface area contributed by atoms with Crippen molar-refractivity contribution in [2.45, 2.75) is 31.3 Å². The standard InChI is InChI=1S/C17H26N6O4/c18-10-14(24)22-13(9-11-5-2-1-3-6-11)15(25)23-12(16(26)27)7-4-8-21-17(19)20/h1-3,5-6,12-13H,4,7-10,18H2,(H,22,24)(H,23,25)(H,26,27)(H4,19,20,21)/t12-,13-/m0/s1. The zero-order valence-corrected chi connectivity index (χ0v) is 14.9. The van der Waals surface area contributed by atoms with Crippen molar-refractivity contribution >= 4 is 23.7 Å². The van der Waals surface area contributed by atoms with Crippen LogP contribution in [0.15, 0.2) is 35.3 Å². The Morgan fingerprint density at radius 3 is 2.30 bits per heavy atom. The van der Waals surface area contributed by atoms with Gasteiger partial charge in [0.2, 0.25) is 11.8 Å². The molecule has 0 radical (unpaired) electrons. The Bertz CT molecular complexity index is 661. The lowest BCUT2D eigenvalue weighted by Crippen LogP contribution is -2.53. The molecule has 27 heavy (non-hydrogen) atoms. The van der Waals surface area contributed by atoms with E-state index in [4.69, 9.17) is 17.2 Å². The molecule has 0 spiro atoms. The summed E-state index contributed by atoms with van der Waals surface area (Å²) >= 11 is 0. The van der Waals surface area contributed by atoms with E-state index in [1.807, 2.05) is 6.07 Å². The molecule has 0 heterocycles. The Morgan fingerprint density at radius 1 is 1.07 bits per heavy atom. The number of rotatable bonds is 11. The van der Waals surface area contributed by atoms with Crippen molar-refractivity contribution in [3.8, 4) is 0 Å². The number of carbonyl (C=O) groups is 3. The number of carbonyl (C=O) groups excluding carboxylic acids is 2. The number of benzene rings is 1. The van der Waals surface area contributed by atoms with E-state index in [9.17, 15) is 19.5 Å². The monoisotopic (exact) mass is 378 g/mol. The third-order valence-electron chi connectivity index (χ3n) is 3.68. The van der Waals surface area contributed by atoms with E-state index in [0.717, 1.165) is 5.56 Å². The highest BCUT2D eigenvalue weighted by Crippen LogP contribution is 2.05. The molecular weight excluding hydrogens is 352 g/mol. The minimum Gasteiger partial charge on any atom is -0.480 e. The summed E-state index contributed by atoms with van der Waals surface area (Å²) in [6.45, 7) is -0.0290. The van der Waals surface area contributed by atoms with Crippen LogP contribution in [0.1, 0.15) is 18.4 Å². The van der Waals surface area contributed by atoms with Crippen LogP contribution in [0.2, 0.25) is 0 Å². The number of carboxylic acid groups (broad SMARTS) is 1. The highest BCUT2D eigenvalue weighted by Gasteiger charge is 2.26. The Morgan fingerprint density at radius 2 is 1.74 bits per heavy atom. The predicted octanol–water partition coefficient (Wildman–Crippen LogP) is -1.70. The van der Waals surface area contributed by atoms with Crippen LogP contribution in [0.4, 0.5) is 0 Å². The second kappa shape index (κ2) is 11.5. The highest BCUT2D eigenvalue weighted by atomic mass is 16.4. The van der Waals surface area contributed by atoms with Crippen molar-refractivity contribution in [2.24, 2.45) is 22.2 Å². The number of nitrogens with zero attached hydrogens (tertiary/aromatic N) is 1. The first-order chi connectivity index (χ1) is 12.8. The van der Waals surface area contributed by atoms with Crippen LogP contribution in [0.5, 0.6) is 0 Å². The molecule has 1 rings (SSSR count). The molecule has 0 aliphatic rings. The summed E-state index contributed by atoms with van der Waals surface area (Å²) in [5.74, 6) is -2.38. The van der Waals surface area contributed by atoms with E-state index in [2.05, 4.69) is 15.6 Å². The van der Waals surface area contributed by atoms with E-state index in [0.29, 0.717) is 6.42 Å². The summed E-state index contributed by atoms with van der Waals surface area (Å²) in [5, 5.41) is 14.3. The average molecular weight is 378 g/mol. The van der Waals surface area contributed by atoms with Gasteiger partial charge in [0, 0.05) is 13.0 Å². The highest BCUT2D eigenvalue weighted by molar-refractivity contribution is 5.91. The van der Waals surface area contributed by atoms with Gasteiger partial charge in [-0.25, -0.2) is 4.79 Å². The van der Waals surface area contributed by atoms with Crippen LogP contribution in [0.25, 0.3) is 0 Å². The first kappa shape index (κ1) is 21.9. The van der Waals surface area contributed by atoms with Gasteiger partial charge in [0.25, 0.3) is 0 Å². The van der Waals surface area contributed by atoms with Gasteiger partial charge in [-0.3, -0.25) is 14.6 Å². The van der Waals surface area contributed by atoms with Crippen molar-refractivity contribution < 1.29 is 19.5 Å². The van der Waals surface area contributed by atoms with E-state index in [1.165, 1.54) is 0 Å². The summed E-state index contributed by atoms with van der Waals surface area (Å²) in [5.41, 5.74) is 16.5. The predicted molar refractivity (Wildman–Crippen MR) is 101 cm³/mol. The molecule has 1 aromatic carbocycles. The SMILES string of the molecule is NCC(=O)N[C@@H](Cc1ccccc1)C(=O)N[C@@H](CCCN=C(N)N)C(=O)O. The van der Waals surface area contributed by atoms with Crippen molar-refractivity contribution in [2.75, 3.05) is 13.1 Å². The van der Waals surface area contributed by atoms with Crippen LogP contribution in [0.3, 0.4) is 0 Å². The molecule has 1 aromatic rings. The van der Waals surface area contributed by atoms with Crippen molar-refractivity contribution in [1.29, 1.82) is 0 Å². The minimum absolute atomic E-state index is 0.0849. The molecule has 0 bridgehead atoms. The number of guanidine groups is 1. The van der Waals surface area contributed by atoms with Gasteiger partial charge in [0.05, 0.1) is 6.54 Å². The lowest BCUT2D eigenvalue weighted by atomic mass is 10.0. The molecule has 148 valence electrons. The fourth-order valence-corrected chi connectivity index (χ4v) is 2.35. The van der Waals surface area contributed by atoms with Gasteiger partial charge < -0.3 is 32.9 Å². The first-order valence-electron chi connectivity index (χ1n) is 8.45. The van der Waals surface area contributed by atoms with Crippen molar-refractivity contribution in [3.63, 3.8) is 0 Å². The molecule has 2 amide bonds. The van der Waals surface area contributed by atoms with Gasteiger partial charge in [-0.2, -0.15) is 0 Å². The lowest BCUT2D eigenvalue weighted by molar-refractivity contribution is -0.142. The zero-order chi connectivity index (χ0) is 20.2. The van der Waals surface area contributed by atoms with Crippen molar-refractivity contribution in [1.82, 2.24) is 10.6 Å². The maximum absolute atomic E-state index is 12.6. The third-order valence-corrected chi connectivity index (χ3v) is 3.68. The molecule has 0 aliphatic carbocycles. The van der Waals surface area contributed by atoms with E-state index >= 15 is 0 Å². The number of hydrogen-bond acceptors (Lipinski definition) is 5. The van der Waals surface area contributed by atoms with Gasteiger partial charge in [0.1, 0.15) is 12.1 Å². The van der Waals surface area contributed by atoms with Crippen molar-refractivity contribution in [3.05, 3.63) is 35.9 Å².